The first-order chi connectivity index (χ1) is 20.9. The van der Waals surface area contributed by atoms with E-state index >= 15 is 0 Å². The van der Waals surface area contributed by atoms with Crippen LogP contribution >= 0.6 is 11.6 Å². The van der Waals surface area contributed by atoms with Gasteiger partial charge in [-0.25, -0.2) is 14.2 Å². The molecule has 5 aromatic rings. The lowest BCUT2D eigenvalue weighted by atomic mass is 10.0. The Kier molecular flexibility index (Phi) is 7.89. The molecule has 6 rings (SSSR count). The fourth-order valence-electron chi connectivity index (χ4n) is 4.71. The molecule has 0 spiro atoms. The molecule has 1 aliphatic rings. The van der Waals surface area contributed by atoms with Gasteiger partial charge in [0.15, 0.2) is 5.78 Å². The number of carbonyl (C=O) groups is 2. The lowest BCUT2D eigenvalue weighted by Gasteiger charge is -2.19. The number of rotatable bonds is 7. The van der Waals surface area contributed by atoms with Gasteiger partial charge in [-0.1, -0.05) is 66.2 Å². The molecule has 0 atom stereocenters. The van der Waals surface area contributed by atoms with E-state index < -0.39 is 0 Å². The molecule has 212 valence electrons. The Hall–Kier alpha value is -5.40. The molecular formula is C35H25ClFN3O3. The Bertz CT molecular complexity index is 1730. The fourth-order valence-corrected chi connectivity index (χ4v) is 4.83. The molecule has 0 unspecified atom stereocenters. The van der Waals surface area contributed by atoms with Crippen LogP contribution in [0.15, 0.2) is 127 Å². The van der Waals surface area contributed by atoms with Gasteiger partial charge in [0.1, 0.15) is 17.3 Å². The third-order valence-corrected chi connectivity index (χ3v) is 7.18. The standard InChI is InChI=1S/C35H25ClFN3O3/c36-27-12-6-24(7-13-27)33-32(23-8-14-28(37)15-9-23)22-40(39-33)35(42)38-29-16-20-31(21-17-29)43-30-18-10-26(11-19-30)34(41)25-4-2-1-3-5-25/h1-21,39H,22H2,(H,38,42). The van der Waals surface area contributed by atoms with Crippen molar-refractivity contribution in [3.8, 4) is 11.5 Å². The quantitative estimate of drug-likeness (QED) is 0.187. The number of nitrogens with one attached hydrogen (secondary N) is 2. The van der Waals surface area contributed by atoms with Gasteiger partial charge in [-0.3, -0.25) is 10.2 Å². The molecule has 8 heteroatoms. The van der Waals surface area contributed by atoms with Crippen molar-refractivity contribution in [1.82, 2.24) is 10.4 Å². The van der Waals surface area contributed by atoms with Crippen LogP contribution < -0.4 is 15.5 Å². The number of anilines is 1. The summed E-state index contributed by atoms with van der Waals surface area (Å²) in [6, 6.07) is 36.1. The smallest absolute Gasteiger partial charge is 0.340 e. The molecule has 1 heterocycles. The van der Waals surface area contributed by atoms with Gasteiger partial charge in [0.25, 0.3) is 0 Å². The summed E-state index contributed by atoms with van der Waals surface area (Å²) in [5.41, 5.74) is 8.19. The van der Waals surface area contributed by atoms with E-state index in [9.17, 15) is 14.0 Å². The van der Waals surface area contributed by atoms with Gasteiger partial charge in [-0.05, 0) is 83.9 Å². The minimum absolute atomic E-state index is 0.0555. The van der Waals surface area contributed by atoms with Crippen molar-refractivity contribution in [2.45, 2.75) is 0 Å². The van der Waals surface area contributed by atoms with Gasteiger partial charge < -0.3 is 10.1 Å². The van der Waals surface area contributed by atoms with Crippen LogP contribution in [0.1, 0.15) is 27.0 Å². The predicted molar refractivity (Wildman–Crippen MR) is 166 cm³/mol. The molecule has 2 N–H and O–H groups in total. The first kappa shape index (κ1) is 27.8. The number of amides is 2. The van der Waals surface area contributed by atoms with Crippen molar-refractivity contribution in [3.63, 3.8) is 0 Å². The summed E-state index contributed by atoms with van der Waals surface area (Å²) in [4.78, 5) is 25.9. The number of halogens is 2. The average molecular weight is 590 g/mol. The third kappa shape index (κ3) is 6.42. The summed E-state index contributed by atoms with van der Waals surface area (Å²) in [7, 11) is 0. The van der Waals surface area contributed by atoms with Gasteiger partial charge in [-0.15, -0.1) is 0 Å². The first-order valence-corrected chi connectivity index (χ1v) is 13.9. The summed E-state index contributed by atoms with van der Waals surface area (Å²) in [5.74, 6) is 0.766. The van der Waals surface area contributed by atoms with Crippen LogP contribution in [0.3, 0.4) is 0 Å². The topological polar surface area (TPSA) is 70.7 Å². The van der Waals surface area contributed by atoms with Crippen molar-refractivity contribution in [3.05, 3.63) is 160 Å². The highest BCUT2D eigenvalue weighted by molar-refractivity contribution is 6.30. The normalized spacial score (nSPS) is 12.6. The maximum atomic E-state index is 13.6. The fraction of sp³-hybridized carbons (Fsp3) is 0.0286. The molecule has 43 heavy (non-hydrogen) atoms. The number of hydrogen-bond acceptors (Lipinski definition) is 4. The maximum absolute atomic E-state index is 13.6. The largest absolute Gasteiger partial charge is 0.457 e. The molecule has 0 saturated carbocycles. The number of hydrazine groups is 1. The zero-order valence-electron chi connectivity index (χ0n) is 22.8. The van der Waals surface area contributed by atoms with Crippen LogP contribution in [0, 0.1) is 5.82 Å². The Labute approximate surface area is 253 Å². The summed E-state index contributed by atoms with van der Waals surface area (Å²) in [6.07, 6.45) is 0. The van der Waals surface area contributed by atoms with Gasteiger partial charge in [0, 0.05) is 27.4 Å². The second-order valence-corrected chi connectivity index (χ2v) is 10.3. The summed E-state index contributed by atoms with van der Waals surface area (Å²) < 4.78 is 19.5. The lowest BCUT2D eigenvalue weighted by molar-refractivity contribution is 0.103. The molecule has 1 aliphatic heterocycles. The molecular weight excluding hydrogens is 565 g/mol. The molecule has 0 aromatic heterocycles. The van der Waals surface area contributed by atoms with E-state index in [0.717, 1.165) is 22.4 Å². The summed E-state index contributed by atoms with van der Waals surface area (Å²) >= 11 is 6.08. The molecule has 0 fully saturated rings. The molecule has 2 amide bonds. The monoisotopic (exact) mass is 589 g/mol. The van der Waals surface area contributed by atoms with Crippen LogP contribution in [-0.2, 0) is 0 Å². The Morgan fingerprint density at radius 2 is 1.30 bits per heavy atom. The molecule has 0 bridgehead atoms. The van der Waals surface area contributed by atoms with Crippen molar-refractivity contribution in [2.24, 2.45) is 0 Å². The number of ether oxygens (including phenoxy) is 1. The molecule has 0 aliphatic carbocycles. The minimum atomic E-state index is -0.365. The van der Waals surface area contributed by atoms with Crippen molar-refractivity contribution in [1.29, 1.82) is 0 Å². The second kappa shape index (κ2) is 12.2. The number of benzene rings is 5. The lowest BCUT2D eigenvalue weighted by Crippen LogP contribution is -2.40. The van der Waals surface area contributed by atoms with E-state index in [4.69, 9.17) is 16.3 Å². The van der Waals surface area contributed by atoms with Gasteiger partial charge >= 0.3 is 6.03 Å². The highest BCUT2D eigenvalue weighted by atomic mass is 35.5. The van der Waals surface area contributed by atoms with E-state index in [1.807, 2.05) is 30.3 Å². The number of hydrogen-bond donors (Lipinski definition) is 2. The Balaban J connectivity index is 1.10. The number of carbonyl (C=O) groups excluding carboxylic acids is 2. The molecule has 0 saturated heterocycles. The van der Waals surface area contributed by atoms with Crippen LogP contribution in [0.2, 0.25) is 5.02 Å². The van der Waals surface area contributed by atoms with E-state index in [1.54, 1.807) is 84.9 Å². The van der Waals surface area contributed by atoms with Gasteiger partial charge in [0.2, 0.25) is 0 Å². The van der Waals surface area contributed by atoms with Crippen LogP contribution in [0.25, 0.3) is 11.3 Å². The zero-order valence-corrected chi connectivity index (χ0v) is 23.5. The van der Waals surface area contributed by atoms with Crippen LogP contribution in [-0.4, -0.2) is 23.4 Å². The average Bonchev–Trinajstić information content (AvgIpc) is 3.49. The number of nitrogens with zero attached hydrogens (tertiary/aromatic N) is 1. The van der Waals surface area contributed by atoms with E-state index in [0.29, 0.717) is 33.3 Å². The summed E-state index contributed by atoms with van der Waals surface area (Å²) in [6.45, 7) is 0.263. The van der Waals surface area contributed by atoms with Gasteiger partial charge in [0.05, 0.1) is 12.2 Å². The van der Waals surface area contributed by atoms with Gasteiger partial charge in [-0.2, -0.15) is 0 Å². The van der Waals surface area contributed by atoms with Crippen molar-refractivity contribution < 1.29 is 18.7 Å². The Morgan fingerprint density at radius 1 is 0.721 bits per heavy atom. The third-order valence-electron chi connectivity index (χ3n) is 6.93. The first-order valence-electron chi connectivity index (χ1n) is 13.5. The highest BCUT2D eigenvalue weighted by Crippen LogP contribution is 2.31. The SMILES string of the molecule is O=C(c1ccccc1)c1ccc(Oc2ccc(NC(=O)N3CC(c4ccc(F)cc4)=C(c4ccc(Cl)cc4)N3)cc2)cc1. The van der Waals surface area contributed by atoms with E-state index in [-0.39, 0.29) is 24.2 Å². The van der Waals surface area contributed by atoms with Crippen LogP contribution in [0.5, 0.6) is 11.5 Å². The number of ketones is 1. The second-order valence-electron chi connectivity index (χ2n) is 9.84. The number of urea groups is 1. The van der Waals surface area contributed by atoms with E-state index in [1.165, 1.54) is 17.1 Å². The molecule has 6 nitrogen and oxygen atoms in total. The van der Waals surface area contributed by atoms with Crippen molar-refractivity contribution in [2.75, 3.05) is 11.9 Å². The Morgan fingerprint density at radius 3 is 1.95 bits per heavy atom. The molecule has 5 aromatic carbocycles. The summed E-state index contributed by atoms with van der Waals surface area (Å²) in [5, 5.41) is 4.96. The van der Waals surface area contributed by atoms with Crippen molar-refractivity contribution >= 4 is 40.4 Å². The predicted octanol–water partition coefficient (Wildman–Crippen LogP) is 8.42. The van der Waals surface area contributed by atoms with E-state index in [2.05, 4.69) is 10.7 Å². The van der Waals surface area contributed by atoms with Crippen LogP contribution in [0.4, 0.5) is 14.9 Å². The maximum Gasteiger partial charge on any atom is 0.340 e. The molecule has 0 radical (unpaired) electrons. The highest BCUT2D eigenvalue weighted by Gasteiger charge is 2.27. The minimum Gasteiger partial charge on any atom is -0.457 e. The zero-order chi connectivity index (χ0) is 29.8.